The minimum absolute atomic E-state index is 0.0670. The number of rotatable bonds is 11. The van der Waals surface area contributed by atoms with Gasteiger partial charge in [-0.3, -0.25) is 0 Å². The number of nitrogens with zero attached hydrogens (tertiary/aromatic N) is 2. The number of esters is 1. The van der Waals surface area contributed by atoms with E-state index in [4.69, 9.17) is 9.47 Å². The van der Waals surface area contributed by atoms with Crippen LogP contribution in [0.25, 0.3) is 0 Å². The second-order valence-electron chi connectivity index (χ2n) is 3.77. The Balaban J connectivity index is 2.20. The zero-order valence-corrected chi connectivity index (χ0v) is 11.2. The lowest BCUT2D eigenvalue weighted by molar-refractivity contribution is -0.790. The maximum absolute atomic E-state index is 11.4. The molecular formula is C10H13N3O9. The summed E-state index contributed by atoms with van der Waals surface area (Å²) in [7, 11) is 0. The first-order chi connectivity index (χ1) is 10.5. The molecule has 0 saturated heterocycles. The number of nitrogens with one attached hydrogen (secondary N) is 1. The molecule has 122 valence electrons. The average Bonchev–Trinajstić information content (AvgIpc) is 2.97. The maximum Gasteiger partial charge on any atom is 0.354 e. The van der Waals surface area contributed by atoms with E-state index in [1.54, 1.807) is 12.3 Å². The van der Waals surface area contributed by atoms with Crippen LogP contribution in [0.2, 0.25) is 0 Å². The molecule has 1 aromatic heterocycles. The van der Waals surface area contributed by atoms with E-state index in [1.165, 1.54) is 6.07 Å². The summed E-state index contributed by atoms with van der Waals surface area (Å²) in [6, 6.07) is 3.15. The number of aromatic amines is 1. The normalized spacial score (nSPS) is 11.5. The van der Waals surface area contributed by atoms with Gasteiger partial charge in [-0.15, -0.1) is 20.2 Å². The summed E-state index contributed by atoms with van der Waals surface area (Å²) in [5.41, 5.74) is 0.272. The summed E-state index contributed by atoms with van der Waals surface area (Å²) in [4.78, 5) is 42.4. The molecule has 1 aromatic rings. The zero-order valence-electron chi connectivity index (χ0n) is 11.2. The van der Waals surface area contributed by atoms with Gasteiger partial charge in [0.05, 0.1) is 13.2 Å². The molecule has 0 bridgehead atoms. The summed E-state index contributed by atoms with van der Waals surface area (Å²) < 4.78 is 9.82. The Hall–Kier alpha value is -2.89. The third-order valence-electron chi connectivity index (χ3n) is 2.18. The molecular weight excluding hydrogens is 306 g/mol. The highest BCUT2D eigenvalue weighted by molar-refractivity contribution is 5.87. The van der Waals surface area contributed by atoms with Crippen molar-refractivity contribution >= 4 is 5.97 Å². The van der Waals surface area contributed by atoms with Gasteiger partial charge in [-0.2, -0.15) is 0 Å². The minimum Gasteiger partial charge on any atom is -0.459 e. The Labute approximate surface area is 123 Å². The van der Waals surface area contributed by atoms with E-state index in [-0.39, 0.29) is 25.5 Å². The predicted molar refractivity (Wildman–Crippen MR) is 66.7 cm³/mol. The molecule has 0 fully saturated rings. The molecule has 22 heavy (non-hydrogen) atoms. The van der Waals surface area contributed by atoms with Crippen LogP contribution in [0, 0.1) is 20.2 Å². The van der Waals surface area contributed by atoms with Crippen LogP contribution in [0.15, 0.2) is 18.3 Å². The molecule has 0 aliphatic rings. The van der Waals surface area contributed by atoms with Crippen molar-refractivity contribution in [3.05, 3.63) is 44.3 Å². The van der Waals surface area contributed by atoms with E-state index < -0.39 is 28.9 Å². The first-order valence-corrected chi connectivity index (χ1v) is 5.95. The van der Waals surface area contributed by atoms with Gasteiger partial charge >= 0.3 is 5.97 Å². The fraction of sp³-hybridized carbons (Fsp3) is 0.500. The predicted octanol–water partition coefficient (Wildman–Crippen LogP) is -0.0267. The molecule has 0 amide bonds. The fourth-order valence-corrected chi connectivity index (χ4v) is 1.32. The van der Waals surface area contributed by atoms with Crippen molar-refractivity contribution in [1.29, 1.82) is 0 Å². The summed E-state index contributed by atoms with van der Waals surface area (Å²) in [5.74, 6) is -0.580. The van der Waals surface area contributed by atoms with Crippen LogP contribution >= 0.6 is 0 Å². The highest BCUT2D eigenvalue weighted by Gasteiger charge is 2.16. The number of hydrogen-bond acceptors (Lipinski definition) is 9. The van der Waals surface area contributed by atoms with Crippen LogP contribution < -0.4 is 0 Å². The number of aromatic nitrogens is 1. The molecule has 0 saturated carbocycles. The SMILES string of the molecule is O=C(OCCOC[C@H](CO[N+](=O)[O-])O[N+](=O)[O-])c1ccc[nH]1. The Morgan fingerprint density at radius 1 is 1.23 bits per heavy atom. The van der Waals surface area contributed by atoms with Crippen LogP contribution in [0.1, 0.15) is 10.5 Å². The first kappa shape index (κ1) is 17.2. The number of carbonyl (C=O) groups excluding carboxylic acids is 1. The van der Waals surface area contributed by atoms with Gasteiger partial charge in [-0.1, -0.05) is 0 Å². The van der Waals surface area contributed by atoms with E-state index in [0.29, 0.717) is 0 Å². The first-order valence-electron chi connectivity index (χ1n) is 5.95. The molecule has 0 aromatic carbocycles. The van der Waals surface area contributed by atoms with Crippen molar-refractivity contribution < 1.29 is 34.1 Å². The molecule has 0 aliphatic carbocycles. The highest BCUT2D eigenvalue weighted by atomic mass is 17.0. The Bertz CT molecular complexity index is 490. The number of ether oxygens (including phenoxy) is 2. The average molecular weight is 319 g/mol. The van der Waals surface area contributed by atoms with E-state index in [1.807, 2.05) is 0 Å². The molecule has 0 radical (unpaired) electrons. The van der Waals surface area contributed by atoms with Gasteiger partial charge in [-0.25, -0.2) is 4.79 Å². The van der Waals surface area contributed by atoms with Gasteiger partial charge < -0.3 is 24.1 Å². The van der Waals surface area contributed by atoms with Crippen LogP contribution in [0.3, 0.4) is 0 Å². The summed E-state index contributed by atoms with van der Waals surface area (Å²) in [5, 5.41) is 18.0. The van der Waals surface area contributed by atoms with Crippen molar-refractivity contribution in [2.45, 2.75) is 6.10 Å². The third-order valence-corrected chi connectivity index (χ3v) is 2.18. The third kappa shape index (κ3) is 7.04. The van der Waals surface area contributed by atoms with Gasteiger partial charge in [0, 0.05) is 6.20 Å². The van der Waals surface area contributed by atoms with Crippen molar-refractivity contribution in [3.63, 3.8) is 0 Å². The maximum atomic E-state index is 11.4. The zero-order chi connectivity index (χ0) is 16.4. The van der Waals surface area contributed by atoms with Gasteiger partial charge in [-0.05, 0) is 12.1 Å². The molecule has 1 rings (SSSR count). The van der Waals surface area contributed by atoms with Crippen molar-refractivity contribution in [2.75, 3.05) is 26.4 Å². The van der Waals surface area contributed by atoms with Crippen molar-refractivity contribution in [3.8, 4) is 0 Å². The summed E-state index contributed by atoms with van der Waals surface area (Å²) >= 11 is 0. The number of hydrogen-bond donors (Lipinski definition) is 1. The quantitative estimate of drug-likeness (QED) is 0.256. The number of H-pyrrole nitrogens is 1. The standard InChI is InChI=1S/C10H13N3O9/c14-10(9-2-1-3-11-9)20-5-4-19-6-8(22-13(17)18)7-21-12(15)16/h1-3,8,11H,4-7H2/t8-/m1/s1. The van der Waals surface area contributed by atoms with Gasteiger partial charge in [0.15, 0.2) is 6.10 Å². The second kappa shape index (κ2) is 9.12. The lowest BCUT2D eigenvalue weighted by atomic mass is 10.4. The lowest BCUT2D eigenvalue weighted by Crippen LogP contribution is -2.30. The van der Waals surface area contributed by atoms with Crippen LogP contribution in [-0.4, -0.2) is 53.7 Å². The summed E-state index contributed by atoms with van der Waals surface area (Å²) in [6.45, 7) is -1.16. The number of carbonyl (C=O) groups is 1. The molecule has 0 aliphatic heterocycles. The van der Waals surface area contributed by atoms with Crippen LogP contribution in [-0.2, 0) is 19.1 Å². The van der Waals surface area contributed by atoms with Crippen LogP contribution in [0.4, 0.5) is 0 Å². The van der Waals surface area contributed by atoms with E-state index in [0.717, 1.165) is 0 Å². The Morgan fingerprint density at radius 2 is 2.00 bits per heavy atom. The smallest absolute Gasteiger partial charge is 0.354 e. The van der Waals surface area contributed by atoms with Crippen molar-refractivity contribution in [2.24, 2.45) is 0 Å². The fourth-order valence-electron chi connectivity index (χ4n) is 1.32. The minimum atomic E-state index is -1.26. The topological polar surface area (TPSA) is 156 Å². The molecule has 1 N–H and O–H groups in total. The Kier molecular flexibility index (Phi) is 7.12. The second-order valence-corrected chi connectivity index (χ2v) is 3.77. The molecule has 1 atom stereocenters. The van der Waals surface area contributed by atoms with Gasteiger partial charge in [0.2, 0.25) is 0 Å². The Morgan fingerprint density at radius 3 is 2.59 bits per heavy atom. The molecule has 1 heterocycles. The van der Waals surface area contributed by atoms with E-state index >= 15 is 0 Å². The molecule has 12 nitrogen and oxygen atoms in total. The largest absolute Gasteiger partial charge is 0.459 e. The van der Waals surface area contributed by atoms with Crippen molar-refractivity contribution in [1.82, 2.24) is 4.98 Å². The van der Waals surface area contributed by atoms with Gasteiger partial charge in [0.25, 0.3) is 10.2 Å². The molecule has 12 heteroatoms. The van der Waals surface area contributed by atoms with E-state index in [9.17, 15) is 25.0 Å². The van der Waals surface area contributed by atoms with Gasteiger partial charge in [0.1, 0.15) is 18.9 Å². The molecule has 0 unspecified atom stereocenters. The lowest BCUT2D eigenvalue weighted by Gasteiger charge is -2.13. The molecule has 0 spiro atoms. The highest BCUT2D eigenvalue weighted by Crippen LogP contribution is 1.99. The summed E-state index contributed by atoms with van der Waals surface area (Å²) in [6.07, 6.45) is 0.293. The monoisotopic (exact) mass is 319 g/mol. The van der Waals surface area contributed by atoms with E-state index in [2.05, 4.69) is 14.7 Å². The van der Waals surface area contributed by atoms with Crippen LogP contribution in [0.5, 0.6) is 0 Å².